The van der Waals surface area contributed by atoms with Crippen molar-refractivity contribution in [1.82, 2.24) is 0 Å². The fraction of sp³-hybridized carbons (Fsp3) is 0.0476. The molecule has 0 spiro atoms. The van der Waals surface area contributed by atoms with E-state index in [0.717, 1.165) is 17.1 Å². The van der Waals surface area contributed by atoms with E-state index in [1.807, 2.05) is 0 Å². The summed E-state index contributed by atoms with van der Waals surface area (Å²) < 4.78 is 0. The zero-order chi connectivity index (χ0) is 42.8. The number of rotatable bonds is 7. The Labute approximate surface area is 375 Å². The van der Waals surface area contributed by atoms with Crippen LogP contribution in [-0.4, -0.2) is 0 Å². The summed E-state index contributed by atoms with van der Waals surface area (Å²) in [5.41, 5.74) is 18.2. The molecule has 1 nitrogen and oxygen atoms in total. The van der Waals surface area contributed by atoms with Crippen molar-refractivity contribution in [3.05, 3.63) is 248 Å². The number of hydrogen-bond acceptors (Lipinski definition) is 1. The van der Waals surface area contributed by atoms with Crippen LogP contribution in [0, 0.1) is 0 Å². The molecule has 0 radical (unpaired) electrons. The molecule has 0 aliphatic heterocycles. The van der Waals surface area contributed by atoms with E-state index in [4.69, 9.17) is 0 Å². The quantitative estimate of drug-likeness (QED) is 0.145. The Balaban J connectivity index is 1.07. The molecule has 0 atom stereocenters. The monoisotopic (exact) mass is 815 g/mol. The minimum Gasteiger partial charge on any atom is -0.309 e. The SMILES string of the molecule is CC1(C)c2ccccc2-c2ccc(-c3ccccc3N(c3ccc(-c4cccc5c4ccc4ccccc45)cc3)c3ccccc3-c3cccc4cccc(-c5ccccc5)c34)cc21. The molecule has 0 N–H and O–H groups in total. The Bertz CT molecular complexity index is 3570. The van der Waals surface area contributed by atoms with Crippen molar-refractivity contribution in [2.45, 2.75) is 19.3 Å². The van der Waals surface area contributed by atoms with Gasteiger partial charge in [0.25, 0.3) is 0 Å². The molecule has 0 unspecified atom stereocenters. The van der Waals surface area contributed by atoms with Crippen molar-refractivity contribution in [2.24, 2.45) is 0 Å². The van der Waals surface area contributed by atoms with Crippen LogP contribution in [0.15, 0.2) is 237 Å². The second-order valence-electron chi connectivity index (χ2n) is 17.6. The fourth-order valence-electron chi connectivity index (χ4n) is 10.6. The van der Waals surface area contributed by atoms with Gasteiger partial charge in [0.15, 0.2) is 0 Å². The van der Waals surface area contributed by atoms with E-state index in [-0.39, 0.29) is 5.41 Å². The van der Waals surface area contributed by atoms with E-state index in [9.17, 15) is 0 Å². The van der Waals surface area contributed by atoms with Gasteiger partial charge in [-0.3, -0.25) is 0 Å². The Morgan fingerprint density at radius 3 is 1.66 bits per heavy atom. The average Bonchev–Trinajstić information content (AvgIpc) is 3.59. The topological polar surface area (TPSA) is 3.24 Å². The van der Waals surface area contributed by atoms with Crippen molar-refractivity contribution in [3.63, 3.8) is 0 Å². The summed E-state index contributed by atoms with van der Waals surface area (Å²) in [6.45, 7) is 4.73. The van der Waals surface area contributed by atoms with E-state index in [1.54, 1.807) is 0 Å². The van der Waals surface area contributed by atoms with E-state index in [2.05, 4.69) is 255 Å². The van der Waals surface area contributed by atoms with Crippen LogP contribution in [0.2, 0.25) is 0 Å². The lowest BCUT2D eigenvalue weighted by Crippen LogP contribution is -2.15. The number of anilines is 3. The molecule has 0 bridgehead atoms. The molecule has 0 saturated carbocycles. The smallest absolute Gasteiger partial charge is 0.0540 e. The third kappa shape index (κ3) is 6.08. The average molecular weight is 816 g/mol. The van der Waals surface area contributed by atoms with E-state index >= 15 is 0 Å². The molecule has 302 valence electrons. The van der Waals surface area contributed by atoms with Gasteiger partial charge in [-0.2, -0.15) is 0 Å². The van der Waals surface area contributed by atoms with Gasteiger partial charge < -0.3 is 4.90 Å². The van der Waals surface area contributed by atoms with Gasteiger partial charge in [-0.15, -0.1) is 0 Å². The van der Waals surface area contributed by atoms with Crippen LogP contribution in [-0.2, 0) is 5.41 Å². The van der Waals surface area contributed by atoms with Crippen LogP contribution in [0.3, 0.4) is 0 Å². The number of benzene rings is 11. The Morgan fingerprint density at radius 1 is 0.297 bits per heavy atom. The number of fused-ring (bicyclic) bond motifs is 7. The molecular weight excluding hydrogens is 771 g/mol. The molecule has 0 amide bonds. The zero-order valence-corrected chi connectivity index (χ0v) is 36.0. The van der Waals surface area contributed by atoms with Crippen molar-refractivity contribution in [3.8, 4) is 55.6 Å². The Hall–Kier alpha value is -8.00. The van der Waals surface area contributed by atoms with Gasteiger partial charge in [-0.1, -0.05) is 220 Å². The van der Waals surface area contributed by atoms with Crippen LogP contribution in [0.4, 0.5) is 17.1 Å². The minimum atomic E-state index is -0.113. The highest BCUT2D eigenvalue weighted by atomic mass is 15.1. The minimum absolute atomic E-state index is 0.113. The van der Waals surface area contributed by atoms with Crippen LogP contribution < -0.4 is 4.90 Å². The van der Waals surface area contributed by atoms with Gasteiger partial charge >= 0.3 is 0 Å². The predicted molar refractivity (Wildman–Crippen MR) is 273 cm³/mol. The summed E-state index contributed by atoms with van der Waals surface area (Å²) in [5.74, 6) is 0. The molecule has 1 aliphatic rings. The summed E-state index contributed by atoms with van der Waals surface area (Å²) in [6.07, 6.45) is 0. The Kier molecular flexibility index (Phi) is 8.91. The van der Waals surface area contributed by atoms with Gasteiger partial charge in [0.1, 0.15) is 0 Å². The molecule has 11 aromatic carbocycles. The van der Waals surface area contributed by atoms with Gasteiger partial charge in [-0.25, -0.2) is 0 Å². The summed E-state index contributed by atoms with van der Waals surface area (Å²) in [7, 11) is 0. The number of hydrogen-bond donors (Lipinski definition) is 0. The molecular formula is C63H45N. The molecule has 64 heavy (non-hydrogen) atoms. The molecule has 11 aromatic rings. The first kappa shape index (κ1) is 37.7. The van der Waals surface area contributed by atoms with Gasteiger partial charge in [0.2, 0.25) is 0 Å². The summed E-state index contributed by atoms with van der Waals surface area (Å²) in [6, 6.07) is 87.3. The standard InChI is InChI=1S/C63H45N/c1-63(2)58-30-11-8-24-54(58)55-40-36-46(41-59(55)63)50-23-9-12-31-60(50)64(47-37-33-44(34-38-47)49-26-16-28-52-48-22-7-6-19-43(48)35-39-53(49)52)61-32-13-10-25-56(61)57-29-15-21-45-20-14-27-51(62(45)57)42-17-4-3-5-18-42/h3-41H,1-2H3. The molecule has 0 saturated heterocycles. The summed E-state index contributed by atoms with van der Waals surface area (Å²) in [4.78, 5) is 2.49. The second-order valence-corrected chi connectivity index (χ2v) is 17.6. The van der Waals surface area contributed by atoms with Crippen molar-refractivity contribution in [2.75, 3.05) is 4.90 Å². The first-order valence-corrected chi connectivity index (χ1v) is 22.3. The van der Waals surface area contributed by atoms with E-state index in [1.165, 1.54) is 99.1 Å². The number of nitrogens with zero attached hydrogens (tertiary/aromatic N) is 1. The normalized spacial score (nSPS) is 12.7. The maximum absolute atomic E-state index is 2.49. The molecule has 0 aromatic heterocycles. The zero-order valence-electron chi connectivity index (χ0n) is 36.0. The summed E-state index contributed by atoms with van der Waals surface area (Å²) in [5, 5.41) is 7.53. The van der Waals surface area contributed by atoms with Gasteiger partial charge in [0.05, 0.1) is 11.4 Å². The highest BCUT2D eigenvalue weighted by molar-refractivity contribution is 6.12. The van der Waals surface area contributed by atoms with Gasteiger partial charge in [0, 0.05) is 22.2 Å². The lowest BCUT2D eigenvalue weighted by atomic mass is 9.81. The highest BCUT2D eigenvalue weighted by Gasteiger charge is 2.35. The fourth-order valence-corrected chi connectivity index (χ4v) is 10.6. The predicted octanol–water partition coefficient (Wildman–Crippen LogP) is 17.6. The maximum Gasteiger partial charge on any atom is 0.0540 e. The van der Waals surface area contributed by atoms with Crippen molar-refractivity contribution < 1.29 is 0 Å². The van der Waals surface area contributed by atoms with E-state index < -0.39 is 0 Å². The maximum atomic E-state index is 2.49. The highest BCUT2D eigenvalue weighted by Crippen LogP contribution is 2.52. The first-order valence-electron chi connectivity index (χ1n) is 22.3. The van der Waals surface area contributed by atoms with Crippen molar-refractivity contribution >= 4 is 49.4 Å². The molecule has 0 fully saturated rings. The summed E-state index contributed by atoms with van der Waals surface area (Å²) >= 11 is 0. The van der Waals surface area contributed by atoms with Gasteiger partial charge in [-0.05, 0) is 118 Å². The third-order valence-electron chi connectivity index (χ3n) is 13.7. The molecule has 12 rings (SSSR count). The number of para-hydroxylation sites is 2. The van der Waals surface area contributed by atoms with Crippen molar-refractivity contribution in [1.29, 1.82) is 0 Å². The first-order chi connectivity index (χ1) is 31.5. The van der Waals surface area contributed by atoms with Crippen LogP contribution >= 0.6 is 0 Å². The molecule has 1 heteroatoms. The van der Waals surface area contributed by atoms with Crippen LogP contribution in [0.25, 0.3) is 88.0 Å². The van der Waals surface area contributed by atoms with Crippen LogP contribution in [0.1, 0.15) is 25.0 Å². The van der Waals surface area contributed by atoms with Crippen LogP contribution in [0.5, 0.6) is 0 Å². The molecule has 0 heterocycles. The third-order valence-corrected chi connectivity index (χ3v) is 13.7. The molecule has 1 aliphatic carbocycles. The second kappa shape index (κ2) is 15.1. The lowest BCUT2D eigenvalue weighted by molar-refractivity contribution is 0.660. The lowest BCUT2D eigenvalue weighted by Gasteiger charge is -2.30. The van der Waals surface area contributed by atoms with E-state index in [0.29, 0.717) is 0 Å². The largest absolute Gasteiger partial charge is 0.309 e. The Morgan fingerprint density at radius 2 is 0.844 bits per heavy atom.